The topological polar surface area (TPSA) is 115 Å². The van der Waals surface area contributed by atoms with Crippen LogP contribution >= 0.6 is 0 Å². The number of carboxylic acid groups (broad SMARTS) is 1. The number of hydrogen-bond acceptors (Lipinski definition) is 6. The van der Waals surface area contributed by atoms with Gasteiger partial charge in [0.1, 0.15) is 5.75 Å². The molecule has 0 unspecified atom stereocenters. The third-order valence-electron chi connectivity index (χ3n) is 2.11. The monoisotopic (exact) mass is 261 g/mol. The number of aromatic carboxylic acids is 1. The van der Waals surface area contributed by atoms with E-state index in [1.54, 1.807) is 0 Å². The fraction of sp³-hybridized carbons (Fsp3) is 0. The van der Waals surface area contributed by atoms with Crippen molar-refractivity contribution in [2.24, 2.45) is 0 Å². The van der Waals surface area contributed by atoms with Crippen LogP contribution in [0.2, 0.25) is 0 Å². The molecule has 19 heavy (non-hydrogen) atoms. The Balaban J connectivity index is 2.19. The third kappa shape index (κ3) is 3.00. The molecule has 0 aliphatic carbocycles. The molecule has 2 aromatic rings. The predicted octanol–water partition coefficient (Wildman–Crippen LogP) is 1.88. The first-order chi connectivity index (χ1) is 9.06. The molecule has 0 bridgehead atoms. The van der Waals surface area contributed by atoms with Gasteiger partial charge in [-0.1, -0.05) is 0 Å². The van der Waals surface area contributed by atoms with Gasteiger partial charge >= 0.3 is 12.0 Å². The zero-order valence-corrected chi connectivity index (χ0v) is 9.39. The molecule has 0 aliphatic rings. The normalized spacial score (nSPS) is 9.89. The molecule has 0 saturated carbocycles. The van der Waals surface area contributed by atoms with E-state index in [1.165, 1.54) is 36.5 Å². The predicted molar refractivity (Wildman–Crippen MR) is 62.2 cm³/mol. The van der Waals surface area contributed by atoms with Crippen molar-refractivity contribution in [1.29, 1.82) is 0 Å². The van der Waals surface area contributed by atoms with Crippen molar-refractivity contribution in [3.63, 3.8) is 0 Å². The number of hydrogen-bond donors (Lipinski definition) is 1. The standard InChI is InChI=1S/C11H7N3O5/c15-10(16)9-5-6-12-11(13-9)19-8-3-1-7(2-4-8)14(17)18/h1-6H,(H,15,16). The molecular weight excluding hydrogens is 254 g/mol. The number of nitrogens with zero attached hydrogens (tertiary/aromatic N) is 3. The van der Waals surface area contributed by atoms with Crippen molar-refractivity contribution in [2.75, 3.05) is 0 Å². The van der Waals surface area contributed by atoms with Crippen LogP contribution in [0.4, 0.5) is 5.69 Å². The van der Waals surface area contributed by atoms with Gasteiger partial charge < -0.3 is 9.84 Å². The van der Waals surface area contributed by atoms with Crippen LogP contribution in [0, 0.1) is 10.1 Å². The summed E-state index contributed by atoms with van der Waals surface area (Å²) < 4.78 is 5.20. The van der Waals surface area contributed by atoms with Gasteiger partial charge in [-0.05, 0) is 18.2 Å². The number of benzene rings is 1. The molecule has 0 spiro atoms. The molecule has 0 amide bonds. The first-order valence-corrected chi connectivity index (χ1v) is 5.05. The van der Waals surface area contributed by atoms with E-state index >= 15 is 0 Å². The Morgan fingerprint density at radius 1 is 1.26 bits per heavy atom. The molecule has 0 fully saturated rings. The van der Waals surface area contributed by atoms with Crippen molar-refractivity contribution in [1.82, 2.24) is 9.97 Å². The molecular formula is C11H7N3O5. The fourth-order valence-electron chi connectivity index (χ4n) is 1.25. The van der Waals surface area contributed by atoms with Crippen LogP contribution in [0.3, 0.4) is 0 Å². The Bertz CT molecular complexity index is 626. The molecule has 0 aliphatic heterocycles. The van der Waals surface area contributed by atoms with Crippen LogP contribution in [0.25, 0.3) is 0 Å². The van der Waals surface area contributed by atoms with Crippen molar-refractivity contribution in [2.45, 2.75) is 0 Å². The summed E-state index contributed by atoms with van der Waals surface area (Å²) in [5.41, 5.74) is -0.278. The van der Waals surface area contributed by atoms with E-state index in [0.717, 1.165) is 0 Å². The number of carbonyl (C=O) groups is 1. The Labute approximate surface area is 106 Å². The van der Waals surface area contributed by atoms with Gasteiger partial charge in [0.15, 0.2) is 5.69 Å². The number of carboxylic acids is 1. The highest BCUT2D eigenvalue weighted by molar-refractivity contribution is 5.85. The zero-order valence-electron chi connectivity index (χ0n) is 9.39. The van der Waals surface area contributed by atoms with Crippen LogP contribution in [-0.2, 0) is 0 Å². The minimum Gasteiger partial charge on any atom is -0.477 e. The van der Waals surface area contributed by atoms with E-state index in [4.69, 9.17) is 9.84 Å². The summed E-state index contributed by atoms with van der Waals surface area (Å²) in [5.74, 6) is -0.927. The Hall–Kier alpha value is -3.03. The van der Waals surface area contributed by atoms with Crippen LogP contribution in [0.15, 0.2) is 36.5 Å². The summed E-state index contributed by atoms with van der Waals surface area (Å²) in [4.78, 5) is 28.0. The van der Waals surface area contributed by atoms with E-state index in [0.29, 0.717) is 0 Å². The fourth-order valence-corrected chi connectivity index (χ4v) is 1.25. The maximum absolute atomic E-state index is 10.7. The van der Waals surface area contributed by atoms with Crippen molar-refractivity contribution >= 4 is 11.7 Å². The van der Waals surface area contributed by atoms with Crippen molar-refractivity contribution in [3.05, 3.63) is 52.3 Å². The molecule has 96 valence electrons. The molecule has 0 saturated heterocycles. The van der Waals surface area contributed by atoms with Gasteiger partial charge in [0.25, 0.3) is 5.69 Å². The number of nitro benzene ring substituents is 1. The molecule has 1 aromatic heterocycles. The molecule has 0 atom stereocenters. The molecule has 8 nitrogen and oxygen atoms in total. The van der Waals surface area contributed by atoms with Gasteiger partial charge in [0.05, 0.1) is 4.92 Å². The minimum atomic E-state index is -1.20. The number of rotatable bonds is 4. The summed E-state index contributed by atoms with van der Waals surface area (Å²) >= 11 is 0. The lowest BCUT2D eigenvalue weighted by molar-refractivity contribution is -0.384. The molecule has 1 heterocycles. The quantitative estimate of drug-likeness (QED) is 0.659. The van der Waals surface area contributed by atoms with Gasteiger partial charge in [-0.2, -0.15) is 4.98 Å². The maximum atomic E-state index is 10.7. The highest BCUT2D eigenvalue weighted by Crippen LogP contribution is 2.21. The Kier molecular flexibility index (Phi) is 3.33. The largest absolute Gasteiger partial charge is 0.477 e. The molecule has 1 N–H and O–H groups in total. The summed E-state index contributed by atoms with van der Waals surface area (Å²) in [6.45, 7) is 0. The second kappa shape index (κ2) is 5.08. The number of nitro groups is 1. The smallest absolute Gasteiger partial charge is 0.354 e. The lowest BCUT2D eigenvalue weighted by atomic mass is 10.3. The summed E-state index contributed by atoms with van der Waals surface area (Å²) in [6, 6.07) is 6.34. The van der Waals surface area contributed by atoms with E-state index in [-0.39, 0.29) is 23.1 Å². The lowest BCUT2D eigenvalue weighted by Crippen LogP contribution is -2.02. The zero-order chi connectivity index (χ0) is 13.8. The Morgan fingerprint density at radius 3 is 2.53 bits per heavy atom. The summed E-state index contributed by atoms with van der Waals surface area (Å²) in [7, 11) is 0. The van der Waals surface area contributed by atoms with E-state index in [2.05, 4.69) is 9.97 Å². The number of ether oxygens (including phenoxy) is 1. The highest BCUT2D eigenvalue weighted by atomic mass is 16.6. The number of non-ortho nitro benzene ring substituents is 1. The SMILES string of the molecule is O=C(O)c1ccnc(Oc2ccc([N+](=O)[O-])cc2)n1. The average Bonchev–Trinajstić information content (AvgIpc) is 2.39. The molecule has 2 rings (SSSR count). The van der Waals surface area contributed by atoms with Crippen LogP contribution < -0.4 is 4.74 Å². The van der Waals surface area contributed by atoms with Gasteiger partial charge in [-0.15, -0.1) is 0 Å². The van der Waals surface area contributed by atoms with E-state index in [1.807, 2.05) is 0 Å². The summed E-state index contributed by atoms with van der Waals surface area (Å²) in [5, 5.41) is 19.2. The van der Waals surface area contributed by atoms with Gasteiger partial charge in [0, 0.05) is 18.3 Å². The van der Waals surface area contributed by atoms with Crippen molar-refractivity contribution in [3.8, 4) is 11.8 Å². The van der Waals surface area contributed by atoms with Crippen LogP contribution in [-0.4, -0.2) is 26.0 Å². The second-order valence-electron chi connectivity index (χ2n) is 3.38. The third-order valence-corrected chi connectivity index (χ3v) is 2.11. The van der Waals surface area contributed by atoms with Gasteiger partial charge in [-0.3, -0.25) is 10.1 Å². The van der Waals surface area contributed by atoms with Crippen molar-refractivity contribution < 1.29 is 19.6 Å². The molecule has 8 heteroatoms. The number of aromatic nitrogens is 2. The van der Waals surface area contributed by atoms with E-state index in [9.17, 15) is 14.9 Å². The minimum absolute atomic E-state index is 0.0763. The van der Waals surface area contributed by atoms with Gasteiger partial charge in [0.2, 0.25) is 0 Å². The average molecular weight is 261 g/mol. The van der Waals surface area contributed by atoms with Gasteiger partial charge in [-0.25, -0.2) is 9.78 Å². The lowest BCUT2D eigenvalue weighted by Gasteiger charge is -2.03. The van der Waals surface area contributed by atoms with Crippen LogP contribution in [0.1, 0.15) is 10.5 Å². The second-order valence-corrected chi connectivity index (χ2v) is 3.38. The Morgan fingerprint density at radius 2 is 1.95 bits per heavy atom. The first-order valence-electron chi connectivity index (χ1n) is 5.05. The summed E-state index contributed by atoms with van der Waals surface area (Å²) in [6.07, 6.45) is 1.25. The van der Waals surface area contributed by atoms with Crippen LogP contribution in [0.5, 0.6) is 11.8 Å². The maximum Gasteiger partial charge on any atom is 0.354 e. The molecule has 0 radical (unpaired) electrons. The highest BCUT2D eigenvalue weighted by Gasteiger charge is 2.09. The molecule has 1 aromatic carbocycles. The van der Waals surface area contributed by atoms with E-state index < -0.39 is 10.9 Å². The first kappa shape index (κ1) is 12.4.